The van der Waals surface area contributed by atoms with Gasteiger partial charge in [-0.25, -0.2) is 0 Å². The molecule has 0 aliphatic carbocycles. The molecular formula is C14H15BrN2O5. The Morgan fingerprint density at radius 1 is 1.45 bits per heavy atom. The van der Waals surface area contributed by atoms with Crippen molar-refractivity contribution >= 4 is 39.4 Å². The van der Waals surface area contributed by atoms with E-state index in [9.17, 15) is 19.5 Å². The molecule has 0 saturated carbocycles. The minimum Gasteiger partial charge on any atom is -0.481 e. The second-order valence-electron chi connectivity index (χ2n) is 5.03. The van der Waals surface area contributed by atoms with Gasteiger partial charge in [-0.15, -0.1) is 0 Å². The highest BCUT2D eigenvalue weighted by atomic mass is 79.9. The highest BCUT2D eigenvalue weighted by Gasteiger charge is 2.31. The van der Waals surface area contributed by atoms with Crippen molar-refractivity contribution in [2.45, 2.75) is 24.9 Å². The van der Waals surface area contributed by atoms with Gasteiger partial charge >= 0.3 is 5.97 Å². The summed E-state index contributed by atoms with van der Waals surface area (Å²) in [6, 6.07) is 5.22. The number of rotatable bonds is 5. The van der Waals surface area contributed by atoms with Crippen molar-refractivity contribution in [3.63, 3.8) is 0 Å². The number of carbonyl (C=O) groups excluding carboxylic acids is 2. The van der Waals surface area contributed by atoms with Gasteiger partial charge in [-0.1, -0.05) is 15.9 Å². The Morgan fingerprint density at radius 2 is 2.18 bits per heavy atom. The highest BCUT2D eigenvalue weighted by Crippen LogP contribution is 2.34. The third-order valence-corrected chi connectivity index (χ3v) is 3.78. The molecule has 1 aliphatic rings. The molecule has 0 aromatic heterocycles. The van der Waals surface area contributed by atoms with E-state index in [0.29, 0.717) is 11.3 Å². The molecule has 22 heavy (non-hydrogen) atoms. The first kappa shape index (κ1) is 16.4. The lowest BCUT2D eigenvalue weighted by Crippen LogP contribution is -2.39. The largest absolute Gasteiger partial charge is 0.481 e. The third-order valence-electron chi connectivity index (χ3n) is 3.29. The number of carboxylic acids is 1. The van der Waals surface area contributed by atoms with E-state index in [2.05, 4.69) is 26.6 Å². The SMILES string of the molecule is O=C(O)CC(O)CNC(=O)C1CC(=O)Nc2ccc(Br)cc21. The number of halogens is 1. The molecule has 1 aromatic carbocycles. The Bertz CT molecular complexity index is 619. The van der Waals surface area contributed by atoms with Gasteiger partial charge in [0.1, 0.15) is 0 Å². The van der Waals surface area contributed by atoms with Crippen molar-refractivity contribution in [1.29, 1.82) is 0 Å². The standard InChI is InChI=1S/C14H15BrN2O5/c15-7-1-2-11-9(3-7)10(5-12(19)17-11)14(22)16-6-8(18)4-13(20)21/h1-3,8,10,18H,4-6H2,(H,16,22)(H,17,19)(H,20,21). The van der Waals surface area contributed by atoms with Crippen LogP contribution < -0.4 is 10.6 Å². The lowest BCUT2D eigenvalue weighted by molar-refractivity contribution is -0.139. The summed E-state index contributed by atoms with van der Waals surface area (Å²) in [7, 11) is 0. The van der Waals surface area contributed by atoms with Gasteiger partial charge in [-0.05, 0) is 23.8 Å². The topological polar surface area (TPSA) is 116 Å². The first-order valence-corrected chi connectivity index (χ1v) is 7.43. The van der Waals surface area contributed by atoms with Gasteiger partial charge in [0.25, 0.3) is 0 Å². The number of nitrogens with one attached hydrogen (secondary N) is 2. The maximum absolute atomic E-state index is 12.2. The molecule has 2 unspecified atom stereocenters. The molecule has 2 amide bonds. The van der Waals surface area contributed by atoms with Gasteiger partial charge in [-0.2, -0.15) is 0 Å². The van der Waals surface area contributed by atoms with Crippen molar-refractivity contribution in [3.05, 3.63) is 28.2 Å². The first-order valence-electron chi connectivity index (χ1n) is 6.63. The van der Waals surface area contributed by atoms with Crippen LogP contribution in [-0.2, 0) is 14.4 Å². The lowest BCUT2D eigenvalue weighted by atomic mass is 9.90. The Morgan fingerprint density at radius 3 is 2.86 bits per heavy atom. The minimum absolute atomic E-state index is 0.00428. The molecule has 7 nitrogen and oxygen atoms in total. The van der Waals surface area contributed by atoms with Crippen LogP contribution in [0.2, 0.25) is 0 Å². The number of benzene rings is 1. The van der Waals surface area contributed by atoms with Crippen LogP contribution in [0.15, 0.2) is 22.7 Å². The van der Waals surface area contributed by atoms with Crippen LogP contribution >= 0.6 is 15.9 Å². The summed E-state index contributed by atoms with van der Waals surface area (Å²) in [4.78, 5) is 34.4. The van der Waals surface area contributed by atoms with Gasteiger partial charge in [-0.3, -0.25) is 14.4 Å². The molecule has 0 radical (unpaired) electrons. The van der Waals surface area contributed by atoms with Crippen LogP contribution in [0, 0.1) is 0 Å². The molecular weight excluding hydrogens is 356 g/mol. The monoisotopic (exact) mass is 370 g/mol. The molecule has 2 atom stereocenters. The van der Waals surface area contributed by atoms with Crippen molar-refractivity contribution < 1.29 is 24.6 Å². The van der Waals surface area contributed by atoms with Crippen LogP contribution in [0.4, 0.5) is 5.69 Å². The quantitative estimate of drug-likeness (QED) is 0.612. The molecule has 4 N–H and O–H groups in total. The number of hydrogen-bond acceptors (Lipinski definition) is 4. The van der Waals surface area contributed by atoms with E-state index in [0.717, 1.165) is 4.47 Å². The number of anilines is 1. The van der Waals surface area contributed by atoms with Crippen LogP contribution in [0.1, 0.15) is 24.3 Å². The van der Waals surface area contributed by atoms with E-state index in [4.69, 9.17) is 5.11 Å². The molecule has 0 saturated heterocycles. The van der Waals surface area contributed by atoms with E-state index < -0.39 is 30.3 Å². The molecule has 118 valence electrons. The minimum atomic E-state index is -1.17. The Hall–Kier alpha value is -1.93. The van der Waals surface area contributed by atoms with E-state index in [1.165, 1.54) is 0 Å². The summed E-state index contributed by atoms with van der Waals surface area (Å²) in [6.07, 6.45) is -1.61. The maximum Gasteiger partial charge on any atom is 0.306 e. The number of carbonyl (C=O) groups is 3. The van der Waals surface area contributed by atoms with Gasteiger partial charge in [0.05, 0.1) is 18.4 Å². The van der Waals surface area contributed by atoms with E-state index >= 15 is 0 Å². The number of amides is 2. The van der Waals surface area contributed by atoms with Gasteiger partial charge in [0, 0.05) is 23.1 Å². The molecule has 2 rings (SSSR count). The fourth-order valence-corrected chi connectivity index (χ4v) is 2.66. The first-order chi connectivity index (χ1) is 10.4. The predicted octanol–water partition coefficient (Wildman–Crippen LogP) is 0.827. The second-order valence-corrected chi connectivity index (χ2v) is 5.95. The Balaban J connectivity index is 2.08. The zero-order valence-corrected chi connectivity index (χ0v) is 13.1. The van der Waals surface area contributed by atoms with Crippen molar-refractivity contribution in [2.75, 3.05) is 11.9 Å². The molecule has 1 aliphatic heterocycles. The van der Waals surface area contributed by atoms with Crippen LogP contribution in [-0.4, -0.2) is 40.6 Å². The number of aliphatic hydroxyl groups is 1. The summed E-state index contributed by atoms with van der Waals surface area (Å²) in [5, 5.41) is 23.2. The average molecular weight is 371 g/mol. The van der Waals surface area contributed by atoms with Crippen LogP contribution in [0.25, 0.3) is 0 Å². The molecule has 1 aromatic rings. The fraction of sp³-hybridized carbons (Fsp3) is 0.357. The lowest BCUT2D eigenvalue weighted by Gasteiger charge is -2.25. The normalized spacial score (nSPS) is 18.1. The number of fused-ring (bicyclic) bond motifs is 1. The molecule has 1 heterocycles. The Kier molecular flexibility index (Phi) is 5.15. The summed E-state index contributed by atoms with van der Waals surface area (Å²) in [6.45, 7) is -0.174. The molecule has 0 bridgehead atoms. The Labute approximate surface area is 134 Å². The number of carboxylic acid groups (broad SMARTS) is 1. The maximum atomic E-state index is 12.2. The highest BCUT2D eigenvalue weighted by molar-refractivity contribution is 9.10. The molecule has 8 heteroatoms. The van der Waals surface area contributed by atoms with Crippen LogP contribution in [0.5, 0.6) is 0 Å². The fourth-order valence-electron chi connectivity index (χ4n) is 2.28. The van der Waals surface area contributed by atoms with Gasteiger partial charge < -0.3 is 20.8 Å². The van der Waals surface area contributed by atoms with Crippen LogP contribution in [0.3, 0.4) is 0 Å². The zero-order valence-electron chi connectivity index (χ0n) is 11.5. The van der Waals surface area contributed by atoms with E-state index in [1.807, 2.05) is 0 Å². The number of hydrogen-bond donors (Lipinski definition) is 4. The van der Waals surface area contributed by atoms with E-state index in [1.54, 1.807) is 18.2 Å². The molecule has 0 spiro atoms. The van der Waals surface area contributed by atoms with Crippen molar-refractivity contribution in [3.8, 4) is 0 Å². The number of aliphatic carboxylic acids is 1. The van der Waals surface area contributed by atoms with Gasteiger partial charge in [0.2, 0.25) is 11.8 Å². The predicted molar refractivity (Wildman–Crippen MR) is 81.4 cm³/mol. The molecule has 0 fully saturated rings. The summed E-state index contributed by atoms with van der Waals surface area (Å²) in [5.74, 6) is -2.49. The van der Waals surface area contributed by atoms with E-state index in [-0.39, 0.29) is 18.9 Å². The average Bonchev–Trinajstić information content (AvgIpc) is 2.43. The zero-order chi connectivity index (χ0) is 16.3. The second kappa shape index (κ2) is 6.89. The summed E-state index contributed by atoms with van der Waals surface area (Å²) in [5.41, 5.74) is 1.25. The smallest absolute Gasteiger partial charge is 0.306 e. The third kappa shape index (κ3) is 4.05. The number of aliphatic hydroxyl groups excluding tert-OH is 1. The summed E-state index contributed by atoms with van der Waals surface area (Å²) >= 11 is 3.32. The van der Waals surface area contributed by atoms with Gasteiger partial charge in [0.15, 0.2) is 0 Å². The van der Waals surface area contributed by atoms with Crippen molar-refractivity contribution in [1.82, 2.24) is 5.32 Å². The summed E-state index contributed by atoms with van der Waals surface area (Å²) < 4.78 is 0.783. The van der Waals surface area contributed by atoms with Crippen molar-refractivity contribution in [2.24, 2.45) is 0 Å².